The molecule has 0 aliphatic rings. The van der Waals surface area contributed by atoms with Crippen LogP contribution in [-0.4, -0.2) is 38.5 Å². The summed E-state index contributed by atoms with van der Waals surface area (Å²) in [6.45, 7) is 4.07. The summed E-state index contributed by atoms with van der Waals surface area (Å²) < 4.78 is 31.7. The minimum atomic E-state index is -3.66. The maximum Gasteiger partial charge on any atom is 0.242 e. The quantitative estimate of drug-likeness (QED) is 0.820. The molecule has 1 unspecified atom stereocenters. The van der Waals surface area contributed by atoms with Crippen LogP contribution in [0, 0.1) is 0 Å². The van der Waals surface area contributed by atoms with Crippen LogP contribution in [0.5, 0.6) is 5.75 Å². The van der Waals surface area contributed by atoms with Gasteiger partial charge in [0.1, 0.15) is 5.75 Å². The minimum absolute atomic E-state index is 0.0402. The van der Waals surface area contributed by atoms with Gasteiger partial charge in [-0.25, -0.2) is 8.42 Å². The van der Waals surface area contributed by atoms with Crippen molar-refractivity contribution in [1.82, 2.24) is 4.31 Å². The molecule has 0 saturated heterocycles. The molecule has 5 nitrogen and oxygen atoms in total. The lowest BCUT2D eigenvalue weighted by molar-refractivity contribution is 0.154. The summed E-state index contributed by atoms with van der Waals surface area (Å²) >= 11 is 0. The van der Waals surface area contributed by atoms with Crippen LogP contribution in [0.25, 0.3) is 0 Å². The first-order valence-electron chi connectivity index (χ1n) is 8.14. The van der Waals surface area contributed by atoms with E-state index in [1.807, 2.05) is 12.1 Å². The van der Waals surface area contributed by atoms with Crippen molar-refractivity contribution in [1.29, 1.82) is 0 Å². The fourth-order valence-electron chi connectivity index (χ4n) is 2.50. The summed E-state index contributed by atoms with van der Waals surface area (Å²) in [7, 11) is -0.646. The summed E-state index contributed by atoms with van der Waals surface area (Å²) in [6, 6.07) is 13.8. The van der Waals surface area contributed by atoms with Gasteiger partial charge in [0.15, 0.2) is 0 Å². The van der Waals surface area contributed by atoms with Crippen LogP contribution in [0.2, 0.25) is 0 Å². The standard InChI is InChI=1S/C19H25NO4S/c1-14(2)15-8-10-18(11-9-15)25(22,23)20(3)13-19(21)16-6-5-7-17(12-16)24-4/h5-12,14,19,21H,13H2,1-4H3. The predicted octanol–water partition coefficient (Wildman–Crippen LogP) is 3.17. The van der Waals surface area contributed by atoms with Crippen LogP contribution in [0.1, 0.15) is 37.0 Å². The van der Waals surface area contributed by atoms with Gasteiger partial charge in [0.25, 0.3) is 0 Å². The number of aliphatic hydroxyl groups is 1. The molecule has 6 heteroatoms. The second-order valence-electron chi connectivity index (χ2n) is 6.30. The average Bonchev–Trinajstić information content (AvgIpc) is 2.61. The first-order chi connectivity index (χ1) is 11.8. The molecule has 0 radical (unpaired) electrons. The van der Waals surface area contributed by atoms with Crippen LogP contribution >= 0.6 is 0 Å². The Balaban J connectivity index is 2.16. The number of sulfonamides is 1. The molecule has 1 atom stereocenters. The fraction of sp³-hybridized carbons (Fsp3) is 0.368. The molecule has 0 aliphatic heterocycles. The highest BCUT2D eigenvalue weighted by atomic mass is 32.2. The van der Waals surface area contributed by atoms with E-state index in [1.54, 1.807) is 43.5 Å². The topological polar surface area (TPSA) is 66.8 Å². The number of benzene rings is 2. The smallest absolute Gasteiger partial charge is 0.242 e. The van der Waals surface area contributed by atoms with Crippen molar-refractivity contribution < 1.29 is 18.3 Å². The van der Waals surface area contributed by atoms with Crippen LogP contribution in [0.15, 0.2) is 53.4 Å². The lowest BCUT2D eigenvalue weighted by Gasteiger charge is -2.21. The summed E-state index contributed by atoms with van der Waals surface area (Å²) in [4.78, 5) is 0.220. The maximum atomic E-state index is 12.7. The highest BCUT2D eigenvalue weighted by Gasteiger charge is 2.24. The lowest BCUT2D eigenvalue weighted by atomic mass is 10.0. The second kappa shape index (κ2) is 7.99. The third-order valence-corrected chi connectivity index (χ3v) is 6.00. The predicted molar refractivity (Wildman–Crippen MR) is 98.3 cm³/mol. The molecular weight excluding hydrogens is 338 g/mol. The van der Waals surface area contributed by atoms with E-state index in [9.17, 15) is 13.5 Å². The number of aliphatic hydroxyl groups excluding tert-OH is 1. The van der Waals surface area contributed by atoms with E-state index in [-0.39, 0.29) is 11.4 Å². The zero-order valence-corrected chi connectivity index (χ0v) is 15.8. The zero-order chi connectivity index (χ0) is 18.6. The Morgan fingerprint density at radius 3 is 2.28 bits per heavy atom. The van der Waals surface area contributed by atoms with Crippen LogP contribution in [0.4, 0.5) is 0 Å². The third-order valence-electron chi connectivity index (χ3n) is 4.16. The monoisotopic (exact) mass is 363 g/mol. The number of nitrogens with zero attached hydrogens (tertiary/aromatic N) is 1. The van der Waals surface area contributed by atoms with Crippen LogP contribution in [-0.2, 0) is 10.0 Å². The van der Waals surface area contributed by atoms with Gasteiger partial charge in [-0.05, 0) is 41.3 Å². The van der Waals surface area contributed by atoms with Gasteiger partial charge in [-0.2, -0.15) is 4.31 Å². The Morgan fingerprint density at radius 1 is 1.08 bits per heavy atom. The summed E-state index contributed by atoms with van der Waals surface area (Å²) in [5, 5.41) is 10.4. The van der Waals surface area contributed by atoms with Crippen LogP contribution in [0.3, 0.4) is 0 Å². The Kier molecular flexibility index (Phi) is 6.21. The van der Waals surface area contributed by atoms with Crippen LogP contribution < -0.4 is 4.74 Å². The fourth-order valence-corrected chi connectivity index (χ4v) is 3.68. The highest BCUT2D eigenvalue weighted by molar-refractivity contribution is 7.89. The normalized spacial score (nSPS) is 13.2. The molecule has 0 heterocycles. The molecule has 0 spiro atoms. The molecule has 2 aromatic carbocycles. The number of hydrogen-bond donors (Lipinski definition) is 1. The molecule has 136 valence electrons. The van der Waals surface area contributed by atoms with E-state index in [2.05, 4.69) is 13.8 Å². The van der Waals surface area contributed by atoms with Crippen molar-refractivity contribution in [2.45, 2.75) is 30.8 Å². The molecule has 1 N–H and O–H groups in total. The Labute approximate surface area is 149 Å². The molecule has 0 aromatic heterocycles. The number of hydrogen-bond acceptors (Lipinski definition) is 4. The van der Waals surface area contributed by atoms with Crippen molar-refractivity contribution in [3.8, 4) is 5.75 Å². The SMILES string of the molecule is COc1cccc(C(O)CN(C)S(=O)(=O)c2ccc(C(C)C)cc2)c1. The molecule has 0 bridgehead atoms. The van der Waals surface area contributed by atoms with Crippen molar-refractivity contribution in [2.24, 2.45) is 0 Å². The van der Waals surface area contributed by atoms with Gasteiger partial charge in [0.05, 0.1) is 18.1 Å². The van der Waals surface area contributed by atoms with E-state index in [0.717, 1.165) is 5.56 Å². The van der Waals surface area contributed by atoms with Crippen molar-refractivity contribution >= 4 is 10.0 Å². The minimum Gasteiger partial charge on any atom is -0.497 e. The molecule has 2 rings (SSSR count). The summed E-state index contributed by atoms with van der Waals surface area (Å²) in [5.41, 5.74) is 1.69. The largest absolute Gasteiger partial charge is 0.497 e. The number of rotatable bonds is 7. The average molecular weight is 363 g/mol. The van der Waals surface area contributed by atoms with E-state index < -0.39 is 16.1 Å². The number of likely N-dealkylation sites (N-methyl/N-ethyl adjacent to an activating group) is 1. The van der Waals surface area contributed by atoms with E-state index >= 15 is 0 Å². The van der Waals surface area contributed by atoms with Crippen molar-refractivity contribution in [3.05, 3.63) is 59.7 Å². The van der Waals surface area contributed by atoms with Crippen molar-refractivity contribution in [2.75, 3.05) is 20.7 Å². The molecule has 2 aromatic rings. The van der Waals surface area contributed by atoms with Gasteiger partial charge in [0, 0.05) is 13.6 Å². The van der Waals surface area contributed by atoms with E-state index in [4.69, 9.17) is 4.74 Å². The Morgan fingerprint density at radius 2 is 1.72 bits per heavy atom. The van der Waals surface area contributed by atoms with E-state index in [1.165, 1.54) is 11.4 Å². The molecule has 25 heavy (non-hydrogen) atoms. The van der Waals surface area contributed by atoms with Gasteiger partial charge < -0.3 is 9.84 Å². The third kappa shape index (κ3) is 4.60. The molecule has 0 saturated carbocycles. The van der Waals surface area contributed by atoms with Crippen molar-refractivity contribution in [3.63, 3.8) is 0 Å². The van der Waals surface area contributed by atoms with E-state index in [0.29, 0.717) is 17.2 Å². The summed E-state index contributed by atoms with van der Waals surface area (Å²) in [6.07, 6.45) is -0.940. The molecule has 0 aliphatic carbocycles. The Bertz CT molecular complexity index is 800. The molecule has 0 fully saturated rings. The first kappa shape index (κ1) is 19.4. The molecular formula is C19H25NO4S. The zero-order valence-electron chi connectivity index (χ0n) is 15.0. The highest BCUT2D eigenvalue weighted by Crippen LogP contribution is 2.23. The first-order valence-corrected chi connectivity index (χ1v) is 9.58. The van der Waals surface area contributed by atoms with Gasteiger partial charge in [-0.1, -0.05) is 38.1 Å². The lowest BCUT2D eigenvalue weighted by Crippen LogP contribution is -2.31. The molecule has 0 amide bonds. The van der Waals surface area contributed by atoms with Gasteiger partial charge in [-0.3, -0.25) is 0 Å². The van der Waals surface area contributed by atoms with Gasteiger partial charge in [0.2, 0.25) is 10.0 Å². The number of methoxy groups -OCH3 is 1. The summed E-state index contributed by atoms with van der Waals surface area (Å²) in [5.74, 6) is 0.954. The maximum absolute atomic E-state index is 12.7. The second-order valence-corrected chi connectivity index (χ2v) is 8.35. The Hall–Kier alpha value is -1.89. The van der Waals surface area contributed by atoms with Gasteiger partial charge in [-0.15, -0.1) is 0 Å². The van der Waals surface area contributed by atoms with Gasteiger partial charge >= 0.3 is 0 Å². The number of ether oxygens (including phenoxy) is 1.